The van der Waals surface area contributed by atoms with Gasteiger partial charge in [-0.1, -0.05) is 0 Å². The van der Waals surface area contributed by atoms with Gasteiger partial charge in [0.2, 0.25) is 0 Å². The van der Waals surface area contributed by atoms with Gasteiger partial charge in [-0.25, -0.2) is 0 Å². The quantitative estimate of drug-likeness (QED) is 0.502. The molecule has 13 heavy (non-hydrogen) atoms. The van der Waals surface area contributed by atoms with Crippen molar-refractivity contribution in [1.29, 1.82) is 0 Å². The second-order valence-corrected chi connectivity index (χ2v) is 3.76. The Morgan fingerprint density at radius 2 is 1.85 bits per heavy atom. The van der Waals surface area contributed by atoms with E-state index in [4.69, 9.17) is 14.9 Å². The molecule has 0 aromatic carbocycles. The van der Waals surface area contributed by atoms with Gasteiger partial charge in [0.25, 0.3) is 0 Å². The molecule has 0 spiro atoms. The predicted molar refractivity (Wildman–Crippen MR) is 52.9 cm³/mol. The van der Waals surface area contributed by atoms with Crippen LogP contribution in [0.2, 0.25) is 0 Å². The minimum atomic E-state index is -0.690. The van der Waals surface area contributed by atoms with Crippen LogP contribution in [-0.2, 0) is 4.74 Å². The molecule has 0 aliphatic rings. The Hall–Kier alpha value is 0.190. The van der Waals surface area contributed by atoms with Crippen molar-refractivity contribution in [2.24, 2.45) is 0 Å². The number of hydrogen-bond acceptors (Lipinski definition) is 5. The van der Waals surface area contributed by atoms with Gasteiger partial charge in [0, 0.05) is 18.1 Å². The molecule has 4 nitrogen and oxygen atoms in total. The molecule has 0 saturated heterocycles. The summed E-state index contributed by atoms with van der Waals surface area (Å²) in [5, 5.41) is 26.7. The van der Waals surface area contributed by atoms with Gasteiger partial charge in [0.1, 0.15) is 0 Å². The lowest BCUT2D eigenvalue weighted by molar-refractivity contribution is 0.0549. The van der Waals surface area contributed by atoms with Crippen LogP contribution in [0.3, 0.4) is 0 Å². The van der Waals surface area contributed by atoms with Crippen LogP contribution >= 0.6 is 11.8 Å². The lowest BCUT2D eigenvalue weighted by Gasteiger charge is -2.11. The molecule has 80 valence electrons. The van der Waals surface area contributed by atoms with E-state index in [-0.39, 0.29) is 6.61 Å². The number of aliphatic hydroxyl groups excluding tert-OH is 3. The third kappa shape index (κ3) is 8.52. The van der Waals surface area contributed by atoms with E-state index in [2.05, 4.69) is 0 Å². The lowest BCUT2D eigenvalue weighted by atomic mass is 10.4. The number of ether oxygens (including phenoxy) is 1. The molecule has 2 unspecified atom stereocenters. The van der Waals surface area contributed by atoms with Crippen molar-refractivity contribution in [1.82, 2.24) is 0 Å². The first-order valence-electron chi connectivity index (χ1n) is 4.33. The van der Waals surface area contributed by atoms with E-state index in [0.717, 1.165) is 0 Å². The topological polar surface area (TPSA) is 69.9 Å². The Bertz CT molecular complexity index is 112. The van der Waals surface area contributed by atoms with E-state index in [1.807, 2.05) is 6.92 Å². The summed E-state index contributed by atoms with van der Waals surface area (Å²) in [6, 6.07) is 0. The van der Waals surface area contributed by atoms with Crippen LogP contribution in [0.15, 0.2) is 0 Å². The summed E-state index contributed by atoms with van der Waals surface area (Å²) in [5.41, 5.74) is 0. The van der Waals surface area contributed by atoms with Gasteiger partial charge in [0.15, 0.2) is 0 Å². The molecular weight excluding hydrogens is 192 g/mol. The zero-order chi connectivity index (χ0) is 10.1. The van der Waals surface area contributed by atoms with Crippen molar-refractivity contribution >= 4 is 11.8 Å². The van der Waals surface area contributed by atoms with Crippen LogP contribution in [0, 0.1) is 0 Å². The standard InChI is InChI=1S/C8H18O4S/c1-2-12-4-8(11)6-13-5-7(10)3-9/h7-11H,2-6H2,1H3. The van der Waals surface area contributed by atoms with Gasteiger partial charge < -0.3 is 20.1 Å². The van der Waals surface area contributed by atoms with Crippen molar-refractivity contribution < 1.29 is 20.1 Å². The summed E-state index contributed by atoms with van der Waals surface area (Å²) in [6.07, 6.45) is -1.18. The van der Waals surface area contributed by atoms with Gasteiger partial charge in [-0.15, -0.1) is 0 Å². The zero-order valence-corrected chi connectivity index (χ0v) is 8.66. The Morgan fingerprint density at radius 1 is 1.23 bits per heavy atom. The van der Waals surface area contributed by atoms with Crippen LogP contribution in [0.4, 0.5) is 0 Å². The highest BCUT2D eigenvalue weighted by molar-refractivity contribution is 7.99. The lowest BCUT2D eigenvalue weighted by Crippen LogP contribution is -2.21. The van der Waals surface area contributed by atoms with Gasteiger partial charge >= 0.3 is 0 Å². The predicted octanol–water partition coefficient (Wildman–Crippen LogP) is -0.530. The molecule has 0 fully saturated rings. The van der Waals surface area contributed by atoms with Gasteiger partial charge in [0.05, 0.1) is 25.4 Å². The number of rotatable bonds is 8. The molecule has 0 heterocycles. The average Bonchev–Trinajstić information content (AvgIpc) is 2.14. The molecule has 3 N–H and O–H groups in total. The van der Waals surface area contributed by atoms with Crippen molar-refractivity contribution in [3.63, 3.8) is 0 Å². The summed E-state index contributed by atoms with van der Waals surface area (Å²) in [4.78, 5) is 0. The first kappa shape index (κ1) is 13.2. The molecule has 0 bridgehead atoms. The van der Waals surface area contributed by atoms with Crippen LogP contribution in [-0.4, -0.2) is 58.9 Å². The third-order valence-electron chi connectivity index (χ3n) is 1.35. The Kier molecular flexibility index (Phi) is 8.90. The highest BCUT2D eigenvalue weighted by Crippen LogP contribution is 2.05. The SMILES string of the molecule is CCOCC(O)CSCC(O)CO. The van der Waals surface area contributed by atoms with E-state index in [1.165, 1.54) is 11.8 Å². The maximum Gasteiger partial charge on any atom is 0.0863 e. The maximum absolute atomic E-state index is 9.28. The summed E-state index contributed by atoms with van der Waals surface area (Å²) >= 11 is 1.40. The third-order valence-corrected chi connectivity index (χ3v) is 2.59. The summed E-state index contributed by atoms with van der Waals surface area (Å²) in [5.74, 6) is 0.969. The molecule has 0 aliphatic carbocycles. The van der Waals surface area contributed by atoms with E-state index in [1.54, 1.807) is 0 Å². The normalized spacial score (nSPS) is 15.7. The molecule has 0 amide bonds. The Balaban J connectivity index is 3.21. The maximum atomic E-state index is 9.28. The smallest absolute Gasteiger partial charge is 0.0863 e. The largest absolute Gasteiger partial charge is 0.394 e. The minimum absolute atomic E-state index is 0.228. The highest BCUT2D eigenvalue weighted by atomic mass is 32.2. The van der Waals surface area contributed by atoms with Crippen LogP contribution in [0.1, 0.15) is 6.92 Å². The molecule has 0 radical (unpaired) electrons. The van der Waals surface area contributed by atoms with Gasteiger partial charge in [-0.05, 0) is 6.92 Å². The van der Waals surface area contributed by atoms with Gasteiger partial charge in [-0.3, -0.25) is 0 Å². The summed E-state index contributed by atoms with van der Waals surface area (Å²) in [7, 11) is 0. The Labute approximate surface area is 82.9 Å². The molecule has 0 aliphatic heterocycles. The molecule has 2 atom stereocenters. The fourth-order valence-corrected chi connectivity index (χ4v) is 1.58. The van der Waals surface area contributed by atoms with E-state index < -0.39 is 12.2 Å². The second-order valence-electron chi connectivity index (χ2n) is 2.69. The minimum Gasteiger partial charge on any atom is -0.394 e. The molecule has 0 aromatic heterocycles. The fourth-order valence-electron chi connectivity index (χ4n) is 0.695. The van der Waals surface area contributed by atoms with Crippen molar-refractivity contribution in [3.05, 3.63) is 0 Å². The molecular formula is C8H18O4S. The second kappa shape index (κ2) is 8.77. The molecule has 0 saturated carbocycles. The molecule has 0 aromatic rings. The highest BCUT2D eigenvalue weighted by Gasteiger charge is 2.06. The van der Waals surface area contributed by atoms with Gasteiger partial charge in [-0.2, -0.15) is 11.8 Å². The van der Waals surface area contributed by atoms with E-state index >= 15 is 0 Å². The van der Waals surface area contributed by atoms with Crippen molar-refractivity contribution in [2.75, 3.05) is 31.3 Å². The summed E-state index contributed by atoms with van der Waals surface area (Å²) < 4.78 is 5.00. The van der Waals surface area contributed by atoms with E-state index in [0.29, 0.717) is 24.7 Å². The van der Waals surface area contributed by atoms with Crippen LogP contribution in [0.5, 0.6) is 0 Å². The average molecular weight is 210 g/mol. The molecule has 5 heteroatoms. The zero-order valence-electron chi connectivity index (χ0n) is 7.85. The molecule has 0 rings (SSSR count). The van der Waals surface area contributed by atoms with Crippen LogP contribution in [0.25, 0.3) is 0 Å². The number of hydrogen-bond donors (Lipinski definition) is 3. The first-order chi connectivity index (χ1) is 6.20. The van der Waals surface area contributed by atoms with E-state index in [9.17, 15) is 5.11 Å². The van der Waals surface area contributed by atoms with Crippen molar-refractivity contribution in [3.8, 4) is 0 Å². The fraction of sp³-hybridized carbons (Fsp3) is 1.00. The Morgan fingerprint density at radius 3 is 2.38 bits per heavy atom. The number of aliphatic hydroxyl groups is 3. The number of thioether (sulfide) groups is 1. The summed E-state index contributed by atoms with van der Waals surface area (Å²) in [6.45, 7) is 2.57. The first-order valence-corrected chi connectivity index (χ1v) is 5.48. The van der Waals surface area contributed by atoms with Crippen molar-refractivity contribution in [2.45, 2.75) is 19.1 Å². The van der Waals surface area contributed by atoms with Crippen LogP contribution < -0.4 is 0 Å². The monoisotopic (exact) mass is 210 g/mol.